The quantitative estimate of drug-likeness (QED) is 0.755. The van der Waals surface area contributed by atoms with Gasteiger partial charge in [0.15, 0.2) is 0 Å². The molecular weight excluding hydrogens is 289 g/mol. The van der Waals surface area contributed by atoms with Crippen LogP contribution in [0.5, 0.6) is 0 Å². The highest BCUT2D eigenvalue weighted by atomic mass is 32.2. The van der Waals surface area contributed by atoms with Crippen molar-refractivity contribution in [1.82, 2.24) is 9.88 Å². The molecule has 20 heavy (non-hydrogen) atoms. The van der Waals surface area contributed by atoms with Gasteiger partial charge in [-0.3, -0.25) is 4.79 Å². The Labute approximate surface area is 120 Å². The average molecular weight is 306 g/mol. The lowest BCUT2D eigenvalue weighted by molar-refractivity contribution is -0.138. The number of halogens is 3. The Morgan fingerprint density at radius 3 is 2.60 bits per heavy atom. The van der Waals surface area contributed by atoms with Gasteiger partial charge in [0.1, 0.15) is 0 Å². The fraction of sp³-hybridized carbons (Fsp3) is 0.538. The highest BCUT2D eigenvalue weighted by Gasteiger charge is 2.30. The van der Waals surface area contributed by atoms with Crippen molar-refractivity contribution in [3.63, 3.8) is 0 Å². The molecule has 1 rings (SSSR count). The van der Waals surface area contributed by atoms with Crippen LogP contribution in [-0.2, 0) is 11.0 Å². The van der Waals surface area contributed by atoms with Gasteiger partial charge in [-0.2, -0.15) is 13.2 Å². The summed E-state index contributed by atoms with van der Waals surface area (Å²) in [5.41, 5.74) is -0.784. The minimum absolute atomic E-state index is 0.0508. The van der Waals surface area contributed by atoms with Gasteiger partial charge in [-0.15, -0.1) is 0 Å². The summed E-state index contributed by atoms with van der Waals surface area (Å²) in [4.78, 5) is 17.1. The first-order valence-electron chi connectivity index (χ1n) is 6.24. The summed E-state index contributed by atoms with van der Waals surface area (Å²) < 4.78 is 37.1. The lowest BCUT2D eigenvalue weighted by Crippen LogP contribution is -2.29. The Bertz CT molecular complexity index is 434. The van der Waals surface area contributed by atoms with Crippen molar-refractivity contribution in [1.29, 1.82) is 0 Å². The number of hydrogen-bond acceptors (Lipinski definition) is 3. The van der Waals surface area contributed by atoms with E-state index in [0.29, 0.717) is 11.6 Å². The number of thioether (sulfide) groups is 1. The number of rotatable bonds is 6. The molecule has 1 aromatic rings. The van der Waals surface area contributed by atoms with Crippen molar-refractivity contribution in [2.24, 2.45) is 0 Å². The minimum atomic E-state index is -4.38. The fourth-order valence-corrected chi connectivity index (χ4v) is 2.18. The molecular formula is C13H17F3N2OS. The molecule has 0 atom stereocenters. The number of unbranched alkanes of at least 4 members (excludes halogenated alkanes) is 1. The monoisotopic (exact) mass is 306 g/mol. The van der Waals surface area contributed by atoms with E-state index in [1.807, 2.05) is 6.92 Å². The van der Waals surface area contributed by atoms with Crippen LogP contribution in [-0.4, -0.2) is 35.1 Å². The van der Waals surface area contributed by atoms with Crippen molar-refractivity contribution in [2.75, 3.05) is 19.3 Å². The van der Waals surface area contributed by atoms with Crippen molar-refractivity contribution in [3.05, 3.63) is 23.9 Å². The van der Waals surface area contributed by atoms with Gasteiger partial charge < -0.3 is 4.90 Å². The number of alkyl halides is 3. The molecule has 0 unspecified atom stereocenters. The maximum absolute atomic E-state index is 12.4. The molecule has 1 aromatic heterocycles. The number of amides is 1. The molecule has 0 radical (unpaired) electrons. The van der Waals surface area contributed by atoms with Crippen LogP contribution in [0.15, 0.2) is 23.4 Å². The third-order valence-electron chi connectivity index (χ3n) is 2.68. The first kappa shape index (κ1) is 16.8. The standard InChI is InChI=1S/C13H17F3N2OS/c1-3-4-7-18(2)12(19)9-20-11-6-5-10(8-17-11)13(14,15)16/h5-6,8H,3-4,7,9H2,1-2H3. The lowest BCUT2D eigenvalue weighted by Gasteiger charge is -2.16. The number of aromatic nitrogens is 1. The van der Waals surface area contributed by atoms with Crippen LogP contribution >= 0.6 is 11.8 Å². The van der Waals surface area contributed by atoms with Gasteiger partial charge in [0.25, 0.3) is 0 Å². The van der Waals surface area contributed by atoms with E-state index >= 15 is 0 Å². The number of carbonyl (C=O) groups excluding carboxylic acids is 1. The van der Waals surface area contributed by atoms with Gasteiger partial charge in [-0.25, -0.2) is 4.98 Å². The average Bonchev–Trinajstić information content (AvgIpc) is 2.41. The first-order chi connectivity index (χ1) is 9.34. The van der Waals surface area contributed by atoms with Crippen LogP contribution in [0.25, 0.3) is 0 Å². The molecule has 0 saturated heterocycles. The van der Waals surface area contributed by atoms with Crippen LogP contribution in [0.4, 0.5) is 13.2 Å². The third-order valence-corrected chi connectivity index (χ3v) is 3.61. The molecule has 1 heterocycles. The van der Waals surface area contributed by atoms with E-state index in [2.05, 4.69) is 4.98 Å². The van der Waals surface area contributed by atoms with E-state index in [1.54, 1.807) is 11.9 Å². The van der Waals surface area contributed by atoms with Crippen LogP contribution in [0.2, 0.25) is 0 Å². The maximum Gasteiger partial charge on any atom is 0.417 e. The number of pyridine rings is 1. The summed E-state index contributed by atoms with van der Waals surface area (Å²) >= 11 is 1.14. The molecule has 0 spiro atoms. The summed E-state index contributed by atoms with van der Waals surface area (Å²) in [6, 6.07) is 2.26. The minimum Gasteiger partial charge on any atom is -0.345 e. The maximum atomic E-state index is 12.4. The van der Waals surface area contributed by atoms with Gasteiger partial charge in [-0.05, 0) is 18.6 Å². The van der Waals surface area contributed by atoms with Crippen molar-refractivity contribution < 1.29 is 18.0 Å². The van der Waals surface area contributed by atoms with Crippen LogP contribution in [0.3, 0.4) is 0 Å². The summed E-state index contributed by atoms with van der Waals surface area (Å²) in [5, 5.41) is 0.412. The van der Waals surface area contributed by atoms with Gasteiger partial charge in [0.05, 0.1) is 16.3 Å². The molecule has 0 aromatic carbocycles. The fourth-order valence-electron chi connectivity index (χ4n) is 1.40. The van der Waals surface area contributed by atoms with E-state index in [4.69, 9.17) is 0 Å². The van der Waals surface area contributed by atoms with E-state index in [9.17, 15) is 18.0 Å². The zero-order valence-corrected chi connectivity index (χ0v) is 12.2. The number of carbonyl (C=O) groups is 1. The third kappa shape index (κ3) is 5.40. The molecule has 0 N–H and O–H groups in total. The topological polar surface area (TPSA) is 33.2 Å². The predicted molar refractivity (Wildman–Crippen MR) is 72.5 cm³/mol. The molecule has 7 heteroatoms. The molecule has 112 valence electrons. The Kier molecular flexibility index (Phi) is 6.32. The van der Waals surface area contributed by atoms with Crippen molar-refractivity contribution >= 4 is 17.7 Å². The first-order valence-corrected chi connectivity index (χ1v) is 7.23. The molecule has 0 aliphatic rings. The highest BCUT2D eigenvalue weighted by molar-refractivity contribution is 7.99. The second-order valence-electron chi connectivity index (χ2n) is 4.34. The largest absolute Gasteiger partial charge is 0.417 e. The zero-order valence-electron chi connectivity index (χ0n) is 11.4. The Morgan fingerprint density at radius 1 is 1.40 bits per heavy atom. The smallest absolute Gasteiger partial charge is 0.345 e. The summed E-state index contributed by atoms with van der Waals surface area (Å²) in [5.74, 6) is 0.128. The SMILES string of the molecule is CCCCN(C)C(=O)CSc1ccc(C(F)(F)F)cn1. The second kappa shape index (κ2) is 7.52. The Morgan fingerprint density at radius 2 is 2.10 bits per heavy atom. The Hall–Kier alpha value is -1.24. The van der Waals surface area contributed by atoms with E-state index in [-0.39, 0.29) is 11.7 Å². The van der Waals surface area contributed by atoms with Gasteiger partial charge in [0.2, 0.25) is 5.91 Å². The molecule has 0 bridgehead atoms. The molecule has 0 fully saturated rings. The molecule has 0 aliphatic heterocycles. The molecule has 3 nitrogen and oxygen atoms in total. The summed E-state index contributed by atoms with van der Waals surface area (Å²) in [7, 11) is 1.72. The van der Waals surface area contributed by atoms with Crippen LogP contribution in [0.1, 0.15) is 25.3 Å². The molecule has 0 aliphatic carbocycles. The lowest BCUT2D eigenvalue weighted by atomic mass is 10.3. The van der Waals surface area contributed by atoms with Crippen molar-refractivity contribution in [3.8, 4) is 0 Å². The van der Waals surface area contributed by atoms with Gasteiger partial charge >= 0.3 is 6.18 Å². The molecule has 0 saturated carbocycles. The van der Waals surface area contributed by atoms with Gasteiger partial charge in [0, 0.05) is 19.8 Å². The summed E-state index contributed by atoms with van der Waals surface area (Å²) in [6.07, 6.45) is -1.66. The number of nitrogens with zero attached hydrogens (tertiary/aromatic N) is 2. The molecule has 1 amide bonds. The van der Waals surface area contributed by atoms with Crippen LogP contribution < -0.4 is 0 Å². The zero-order chi connectivity index (χ0) is 15.2. The predicted octanol–water partition coefficient (Wildman–Crippen LogP) is 3.45. The van der Waals surface area contributed by atoms with E-state index < -0.39 is 11.7 Å². The second-order valence-corrected chi connectivity index (χ2v) is 5.34. The van der Waals surface area contributed by atoms with Crippen molar-refractivity contribution in [2.45, 2.75) is 31.0 Å². The van der Waals surface area contributed by atoms with Gasteiger partial charge in [-0.1, -0.05) is 25.1 Å². The summed E-state index contributed by atoms with van der Waals surface area (Å²) in [6.45, 7) is 2.73. The van der Waals surface area contributed by atoms with Crippen LogP contribution in [0, 0.1) is 0 Å². The van der Waals surface area contributed by atoms with E-state index in [1.165, 1.54) is 6.07 Å². The highest BCUT2D eigenvalue weighted by Crippen LogP contribution is 2.29. The van der Waals surface area contributed by atoms with E-state index in [0.717, 1.165) is 36.9 Å². The number of hydrogen-bond donors (Lipinski definition) is 0. The normalized spacial score (nSPS) is 11.4. The Balaban J connectivity index is 2.48.